The molecule has 4 aromatic rings. The van der Waals surface area contributed by atoms with Crippen molar-refractivity contribution in [1.82, 2.24) is 4.90 Å². The van der Waals surface area contributed by atoms with E-state index in [-0.39, 0.29) is 5.91 Å². The molecule has 1 amide bonds. The van der Waals surface area contributed by atoms with E-state index in [1.807, 2.05) is 103 Å². The number of rotatable bonds is 6. The summed E-state index contributed by atoms with van der Waals surface area (Å²) in [5, 5.41) is 0.616. The van der Waals surface area contributed by atoms with Crippen LogP contribution in [0.25, 0.3) is 6.08 Å². The number of furan rings is 1. The second kappa shape index (κ2) is 9.63. The number of benzene rings is 3. The Labute approximate surface area is 196 Å². The van der Waals surface area contributed by atoms with Gasteiger partial charge in [-0.25, -0.2) is 4.99 Å². The van der Waals surface area contributed by atoms with E-state index in [9.17, 15) is 4.79 Å². The predicted molar refractivity (Wildman–Crippen MR) is 131 cm³/mol. The van der Waals surface area contributed by atoms with Crippen molar-refractivity contribution in [2.45, 2.75) is 6.54 Å². The molecule has 0 N–H and O–H groups in total. The minimum atomic E-state index is -0.111. The maximum Gasteiger partial charge on any atom is 0.267 e. The Balaban J connectivity index is 1.43. The second-order valence-electron chi connectivity index (χ2n) is 7.30. The zero-order valence-corrected chi connectivity index (χ0v) is 18.4. The van der Waals surface area contributed by atoms with Gasteiger partial charge in [0.1, 0.15) is 17.3 Å². The Kier molecular flexibility index (Phi) is 6.08. The Morgan fingerprint density at radius 1 is 0.879 bits per heavy atom. The van der Waals surface area contributed by atoms with Gasteiger partial charge in [0.05, 0.1) is 23.4 Å². The third-order valence-corrected chi connectivity index (χ3v) is 5.90. The molecule has 0 radical (unpaired) electrons. The topological polar surface area (TPSA) is 55.0 Å². The lowest BCUT2D eigenvalue weighted by Crippen LogP contribution is -2.28. The summed E-state index contributed by atoms with van der Waals surface area (Å²) in [6.45, 7) is 0.318. The van der Waals surface area contributed by atoms with Gasteiger partial charge in [0.25, 0.3) is 5.91 Å². The monoisotopic (exact) mass is 452 g/mol. The van der Waals surface area contributed by atoms with Gasteiger partial charge in [-0.1, -0.05) is 48.5 Å². The molecule has 1 fully saturated rings. The summed E-state index contributed by atoms with van der Waals surface area (Å²) in [6, 6.07) is 30.5. The maximum absolute atomic E-state index is 13.3. The molecular weight excluding hydrogens is 432 g/mol. The fourth-order valence-electron chi connectivity index (χ4n) is 3.35. The zero-order valence-electron chi connectivity index (χ0n) is 17.6. The van der Waals surface area contributed by atoms with E-state index in [4.69, 9.17) is 14.1 Å². The quantitative estimate of drug-likeness (QED) is 0.299. The van der Waals surface area contributed by atoms with E-state index in [1.54, 1.807) is 11.2 Å². The summed E-state index contributed by atoms with van der Waals surface area (Å²) in [4.78, 5) is 20.2. The first kappa shape index (κ1) is 20.8. The number of carbonyl (C=O) groups is 1. The number of carbonyl (C=O) groups excluding carboxylic acids is 1. The lowest BCUT2D eigenvalue weighted by Gasteiger charge is -2.13. The highest BCUT2D eigenvalue weighted by atomic mass is 32.2. The van der Waals surface area contributed by atoms with E-state index >= 15 is 0 Å². The molecule has 5 nitrogen and oxygen atoms in total. The van der Waals surface area contributed by atoms with Crippen LogP contribution < -0.4 is 4.74 Å². The van der Waals surface area contributed by atoms with Crippen LogP contribution in [0.3, 0.4) is 0 Å². The zero-order chi connectivity index (χ0) is 22.5. The van der Waals surface area contributed by atoms with E-state index in [1.165, 1.54) is 11.8 Å². The Morgan fingerprint density at radius 2 is 1.64 bits per heavy atom. The molecule has 0 bridgehead atoms. The van der Waals surface area contributed by atoms with E-state index < -0.39 is 0 Å². The summed E-state index contributed by atoms with van der Waals surface area (Å²) in [5.41, 5.74) is 1.66. The van der Waals surface area contributed by atoms with Crippen molar-refractivity contribution >= 4 is 34.6 Å². The minimum absolute atomic E-state index is 0.111. The molecule has 0 atom stereocenters. The fraction of sp³-hybridized carbons (Fsp3) is 0.0370. The molecule has 0 spiro atoms. The number of aliphatic imine (C=N–C) groups is 1. The van der Waals surface area contributed by atoms with Crippen molar-refractivity contribution in [1.29, 1.82) is 0 Å². The SMILES string of the molecule is O=C1C(=Cc2cccc(Oc3ccccc3)c2)SC(=Nc2ccccc2)N1Cc1ccco1. The van der Waals surface area contributed by atoms with Crippen molar-refractivity contribution in [3.63, 3.8) is 0 Å². The van der Waals surface area contributed by atoms with Gasteiger partial charge in [-0.3, -0.25) is 9.69 Å². The van der Waals surface area contributed by atoms with Gasteiger partial charge in [0.15, 0.2) is 5.17 Å². The Hall–Kier alpha value is -4.03. The van der Waals surface area contributed by atoms with Gasteiger partial charge in [0.2, 0.25) is 0 Å². The summed E-state index contributed by atoms with van der Waals surface area (Å²) in [7, 11) is 0. The van der Waals surface area contributed by atoms with Gasteiger partial charge >= 0.3 is 0 Å². The molecule has 162 valence electrons. The molecule has 0 unspecified atom stereocenters. The van der Waals surface area contributed by atoms with Gasteiger partial charge < -0.3 is 9.15 Å². The first-order valence-corrected chi connectivity index (χ1v) is 11.3. The number of ether oxygens (including phenoxy) is 1. The summed E-state index contributed by atoms with van der Waals surface area (Å²) < 4.78 is 11.4. The van der Waals surface area contributed by atoms with Gasteiger partial charge in [-0.05, 0) is 71.9 Å². The molecule has 1 saturated heterocycles. The highest BCUT2D eigenvalue weighted by Crippen LogP contribution is 2.35. The third kappa shape index (κ3) is 5.07. The fourth-order valence-corrected chi connectivity index (χ4v) is 4.34. The van der Waals surface area contributed by atoms with Crippen LogP contribution in [0.1, 0.15) is 11.3 Å². The summed E-state index contributed by atoms with van der Waals surface area (Å²) >= 11 is 1.35. The molecule has 1 aromatic heterocycles. The van der Waals surface area contributed by atoms with Gasteiger partial charge in [-0.15, -0.1) is 0 Å². The highest BCUT2D eigenvalue weighted by Gasteiger charge is 2.34. The maximum atomic E-state index is 13.3. The number of thioether (sulfide) groups is 1. The summed E-state index contributed by atoms with van der Waals surface area (Å²) in [6.07, 6.45) is 3.47. The van der Waals surface area contributed by atoms with Crippen LogP contribution in [0, 0.1) is 0 Å². The minimum Gasteiger partial charge on any atom is -0.467 e. The molecule has 6 heteroatoms. The number of nitrogens with zero attached hydrogens (tertiary/aromatic N) is 2. The van der Waals surface area contributed by atoms with Crippen molar-refractivity contribution < 1.29 is 13.9 Å². The molecule has 2 heterocycles. The average molecular weight is 453 g/mol. The third-order valence-electron chi connectivity index (χ3n) is 4.90. The van der Waals surface area contributed by atoms with Crippen LogP contribution in [0.2, 0.25) is 0 Å². The number of hydrogen-bond donors (Lipinski definition) is 0. The van der Waals surface area contributed by atoms with Crippen LogP contribution >= 0.6 is 11.8 Å². The standard InChI is InChI=1S/C27H20N2O3S/c30-26-25(18-20-9-7-14-23(17-20)32-22-12-5-2-6-13-22)33-27(28-21-10-3-1-4-11-21)29(26)19-24-15-8-16-31-24/h1-18H,19H2. The van der Waals surface area contributed by atoms with Gasteiger partial charge in [-0.2, -0.15) is 0 Å². The molecule has 1 aliphatic heterocycles. The molecule has 33 heavy (non-hydrogen) atoms. The van der Waals surface area contributed by atoms with Crippen LogP contribution in [0.15, 0.2) is 118 Å². The number of amides is 1. The first-order chi connectivity index (χ1) is 16.2. The van der Waals surface area contributed by atoms with Crippen LogP contribution in [0.5, 0.6) is 11.5 Å². The molecule has 1 aliphatic rings. The van der Waals surface area contributed by atoms with Crippen LogP contribution in [-0.4, -0.2) is 16.0 Å². The number of amidine groups is 1. The van der Waals surface area contributed by atoms with E-state index in [0.717, 1.165) is 17.0 Å². The normalized spacial score (nSPS) is 16.0. The van der Waals surface area contributed by atoms with Crippen molar-refractivity contribution in [2.75, 3.05) is 0 Å². The molecule has 3 aromatic carbocycles. The Bertz CT molecular complexity index is 1300. The smallest absolute Gasteiger partial charge is 0.267 e. The second-order valence-corrected chi connectivity index (χ2v) is 8.31. The first-order valence-electron chi connectivity index (χ1n) is 10.5. The van der Waals surface area contributed by atoms with Gasteiger partial charge in [0, 0.05) is 0 Å². The largest absolute Gasteiger partial charge is 0.467 e. The lowest BCUT2D eigenvalue weighted by atomic mass is 10.2. The molecular formula is C27H20N2O3S. The molecule has 5 rings (SSSR count). The van der Waals surface area contributed by atoms with Crippen LogP contribution in [-0.2, 0) is 11.3 Å². The Morgan fingerprint density at radius 3 is 2.39 bits per heavy atom. The van der Waals surface area contributed by atoms with Crippen LogP contribution in [0.4, 0.5) is 5.69 Å². The van der Waals surface area contributed by atoms with Crippen molar-refractivity contribution in [3.05, 3.63) is 120 Å². The highest BCUT2D eigenvalue weighted by molar-refractivity contribution is 8.18. The predicted octanol–water partition coefficient (Wildman–Crippen LogP) is 6.88. The number of para-hydroxylation sites is 2. The van der Waals surface area contributed by atoms with Crippen molar-refractivity contribution in [2.24, 2.45) is 4.99 Å². The lowest BCUT2D eigenvalue weighted by molar-refractivity contribution is -0.122. The van der Waals surface area contributed by atoms with E-state index in [0.29, 0.717) is 28.1 Å². The average Bonchev–Trinajstić information content (AvgIpc) is 3.45. The number of hydrogen-bond acceptors (Lipinski definition) is 5. The molecule has 0 saturated carbocycles. The van der Waals surface area contributed by atoms with E-state index in [2.05, 4.69) is 0 Å². The summed E-state index contributed by atoms with van der Waals surface area (Å²) in [5.74, 6) is 2.05. The molecule has 0 aliphatic carbocycles. The van der Waals surface area contributed by atoms with Crippen molar-refractivity contribution in [3.8, 4) is 11.5 Å².